The number of esters is 2. The lowest BCUT2D eigenvalue weighted by molar-refractivity contribution is -0.164. The molecule has 2 saturated heterocycles. The first kappa shape index (κ1) is 28.9. The SMILES string of the molecule is CC[C@H]1CCN(C(C(=O)OC(C)(C)C)[C@@H]2CCCN2)[C@@H]1C(=O)N[C@@H](CCSC)C(=O)OC(C)C. The van der Waals surface area contributed by atoms with E-state index >= 15 is 0 Å². The van der Waals surface area contributed by atoms with Gasteiger partial charge in [0.05, 0.1) is 12.1 Å². The molecule has 0 aromatic rings. The predicted octanol–water partition coefficient (Wildman–Crippen LogP) is 2.74. The number of ether oxygens (including phenoxy) is 2. The summed E-state index contributed by atoms with van der Waals surface area (Å²) in [6.45, 7) is 12.8. The number of carbonyl (C=O) groups is 3. The molecule has 9 heteroatoms. The number of nitrogens with one attached hydrogen (secondary N) is 2. The Morgan fingerprint density at radius 2 is 1.88 bits per heavy atom. The highest BCUT2D eigenvalue weighted by molar-refractivity contribution is 7.98. The van der Waals surface area contributed by atoms with Gasteiger partial charge in [0.25, 0.3) is 0 Å². The second kappa shape index (κ2) is 13.1. The number of likely N-dealkylation sites (tertiary alicyclic amines) is 1. The van der Waals surface area contributed by atoms with Crippen LogP contribution in [0.2, 0.25) is 0 Å². The fraction of sp³-hybridized carbons (Fsp3) is 0.880. The summed E-state index contributed by atoms with van der Waals surface area (Å²) >= 11 is 1.62. The zero-order valence-electron chi connectivity index (χ0n) is 22.0. The minimum Gasteiger partial charge on any atom is -0.461 e. The van der Waals surface area contributed by atoms with E-state index in [1.807, 2.05) is 31.9 Å². The first-order chi connectivity index (χ1) is 16.0. The van der Waals surface area contributed by atoms with Crippen LogP contribution in [0, 0.1) is 5.92 Å². The molecule has 8 nitrogen and oxygen atoms in total. The van der Waals surface area contributed by atoms with E-state index in [4.69, 9.17) is 9.47 Å². The standard InChI is InChI=1S/C25H45N3O5S/c1-8-17-11-14-28(21(18-10-9-13-26-18)24(31)33-25(4,5)6)20(17)22(29)27-19(12-15-34-7)23(30)32-16(2)3/h16-21,26H,8-15H2,1-7H3,(H,27,29)/t17-,18-,19-,20-,21?/m0/s1. The Kier molecular flexibility index (Phi) is 11.2. The Balaban J connectivity index is 2.29. The number of carbonyl (C=O) groups excluding carboxylic acids is 3. The molecule has 2 fully saturated rings. The molecule has 5 atom stereocenters. The average molecular weight is 500 g/mol. The molecule has 2 N–H and O–H groups in total. The predicted molar refractivity (Wildman–Crippen MR) is 136 cm³/mol. The number of hydrogen-bond donors (Lipinski definition) is 2. The van der Waals surface area contributed by atoms with Gasteiger partial charge in [-0.2, -0.15) is 11.8 Å². The molecule has 0 saturated carbocycles. The molecule has 0 aromatic carbocycles. The number of amides is 1. The second-order valence-corrected chi connectivity index (χ2v) is 11.6. The Morgan fingerprint density at radius 1 is 1.18 bits per heavy atom. The Labute approximate surface area is 209 Å². The van der Waals surface area contributed by atoms with Crippen LogP contribution in [0.5, 0.6) is 0 Å². The van der Waals surface area contributed by atoms with Crippen LogP contribution in [-0.4, -0.2) is 83.7 Å². The Hall–Kier alpha value is -1.32. The van der Waals surface area contributed by atoms with E-state index in [1.54, 1.807) is 25.6 Å². The van der Waals surface area contributed by atoms with E-state index in [-0.39, 0.29) is 29.9 Å². The van der Waals surface area contributed by atoms with Crippen molar-refractivity contribution in [2.75, 3.05) is 25.1 Å². The number of thioether (sulfide) groups is 1. The summed E-state index contributed by atoms with van der Waals surface area (Å²) < 4.78 is 11.2. The van der Waals surface area contributed by atoms with Crippen molar-refractivity contribution in [3.8, 4) is 0 Å². The van der Waals surface area contributed by atoms with Crippen molar-refractivity contribution >= 4 is 29.6 Å². The molecule has 0 aliphatic carbocycles. The maximum absolute atomic E-state index is 13.7. The van der Waals surface area contributed by atoms with Gasteiger partial charge in [0.15, 0.2) is 0 Å². The van der Waals surface area contributed by atoms with Gasteiger partial charge in [-0.1, -0.05) is 13.3 Å². The molecular weight excluding hydrogens is 454 g/mol. The van der Waals surface area contributed by atoms with E-state index in [1.165, 1.54) is 0 Å². The quantitative estimate of drug-likeness (QED) is 0.419. The summed E-state index contributed by atoms with van der Waals surface area (Å²) in [7, 11) is 0. The second-order valence-electron chi connectivity index (χ2n) is 10.6. The lowest BCUT2D eigenvalue weighted by Crippen LogP contribution is -2.60. The highest BCUT2D eigenvalue weighted by atomic mass is 32.2. The van der Waals surface area contributed by atoms with Crippen LogP contribution in [0.3, 0.4) is 0 Å². The Bertz CT molecular complexity index is 691. The zero-order valence-corrected chi connectivity index (χ0v) is 22.8. The molecule has 2 aliphatic heterocycles. The molecule has 2 heterocycles. The third kappa shape index (κ3) is 8.12. The van der Waals surface area contributed by atoms with Crippen molar-refractivity contribution in [2.24, 2.45) is 5.92 Å². The van der Waals surface area contributed by atoms with Crippen LogP contribution in [-0.2, 0) is 23.9 Å². The third-order valence-electron chi connectivity index (χ3n) is 6.40. The fourth-order valence-electron chi connectivity index (χ4n) is 4.92. The van der Waals surface area contributed by atoms with E-state index in [9.17, 15) is 14.4 Å². The maximum atomic E-state index is 13.7. The summed E-state index contributed by atoms with van der Waals surface area (Å²) in [6.07, 6.45) is 5.72. The van der Waals surface area contributed by atoms with Crippen molar-refractivity contribution in [2.45, 2.75) is 110 Å². The largest absolute Gasteiger partial charge is 0.461 e. The molecule has 0 spiro atoms. The summed E-state index contributed by atoms with van der Waals surface area (Å²) in [5.74, 6) is -0.0666. The van der Waals surface area contributed by atoms with Crippen molar-refractivity contribution in [3.05, 3.63) is 0 Å². The summed E-state index contributed by atoms with van der Waals surface area (Å²) in [5, 5.41) is 6.43. The van der Waals surface area contributed by atoms with Crippen LogP contribution in [0.15, 0.2) is 0 Å². The van der Waals surface area contributed by atoms with Crippen LogP contribution in [0.4, 0.5) is 0 Å². The summed E-state index contributed by atoms with van der Waals surface area (Å²) in [4.78, 5) is 41.8. The van der Waals surface area contributed by atoms with Gasteiger partial charge in [0.2, 0.25) is 5.91 Å². The van der Waals surface area contributed by atoms with Gasteiger partial charge in [-0.05, 0) is 84.8 Å². The number of rotatable bonds is 11. The van der Waals surface area contributed by atoms with Gasteiger partial charge in [-0.3, -0.25) is 14.5 Å². The molecule has 0 radical (unpaired) electrons. The molecule has 0 bridgehead atoms. The van der Waals surface area contributed by atoms with Crippen LogP contribution < -0.4 is 10.6 Å². The maximum Gasteiger partial charge on any atom is 0.328 e. The fourth-order valence-corrected chi connectivity index (χ4v) is 5.39. The molecule has 2 rings (SSSR count). The van der Waals surface area contributed by atoms with Crippen molar-refractivity contribution in [1.29, 1.82) is 0 Å². The Morgan fingerprint density at radius 3 is 2.41 bits per heavy atom. The lowest BCUT2D eigenvalue weighted by atomic mass is 9.94. The van der Waals surface area contributed by atoms with Gasteiger partial charge >= 0.3 is 11.9 Å². The smallest absolute Gasteiger partial charge is 0.328 e. The van der Waals surface area contributed by atoms with Gasteiger partial charge in [-0.25, -0.2) is 4.79 Å². The topological polar surface area (TPSA) is 97.0 Å². The average Bonchev–Trinajstić information content (AvgIpc) is 3.39. The van der Waals surface area contributed by atoms with Crippen molar-refractivity contribution < 1.29 is 23.9 Å². The highest BCUT2D eigenvalue weighted by Crippen LogP contribution is 2.32. The minimum absolute atomic E-state index is 0.0565. The van der Waals surface area contributed by atoms with Crippen LogP contribution >= 0.6 is 11.8 Å². The van der Waals surface area contributed by atoms with Gasteiger partial charge in [0.1, 0.15) is 17.7 Å². The molecule has 1 amide bonds. The summed E-state index contributed by atoms with van der Waals surface area (Å²) in [6, 6.07) is -1.79. The van der Waals surface area contributed by atoms with E-state index in [2.05, 4.69) is 17.6 Å². The highest BCUT2D eigenvalue weighted by Gasteiger charge is 2.48. The summed E-state index contributed by atoms with van der Waals surface area (Å²) in [5.41, 5.74) is -0.612. The molecule has 34 heavy (non-hydrogen) atoms. The molecule has 196 valence electrons. The van der Waals surface area contributed by atoms with Gasteiger partial charge in [-0.15, -0.1) is 0 Å². The monoisotopic (exact) mass is 499 g/mol. The first-order valence-electron chi connectivity index (χ1n) is 12.7. The first-order valence-corrected chi connectivity index (χ1v) is 14.1. The minimum atomic E-state index is -0.702. The number of hydrogen-bond acceptors (Lipinski definition) is 8. The van der Waals surface area contributed by atoms with Crippen molar-refractivity contribution in [3.63, 3.8) is 0 Å². The lowest BCUT2D eigenvalue weighted by Gasteiger charge is -2.37. The number of nitrogens with zero attached hydrogens (tertiary/aromatic N) is 1. The van der Waals surface area contributed by atoms with Gasteiger partial charge in [0, 0.05) is 12.6 Å². The zero-order chi connectivity index (χ0) is 25.5. The van der Waals surface area contributed by atoms with Gasteiger partial charge < -0.3 is 20.1 Å². The third-order valence-corrected chi connectivity index (χ3v) is 7.05. The van der Waals surface area contributed by atoms with Crippen LogP contribution in [0.1, 0.15) is 73.6 Å². The molecular formula is C25H45N3O5S. The van der Waals surface area contributed by atoms with E-state index in [0.29, 0.717) is 13.0 Å². The van der Waals surface area contributed by atoms with E-state index in [0.717, 1.165) is 38.0 Å². The van der Waals surface area contributed by atoms with Crippen LogP contribution in [0.25, 0.3) is 0 Å². The van der Waals surface area contributed by atoms with Crippen molar-refractivity contribution in [1.82, 2.24) is 15.5 Å². The molecule has 1 unspecified atom stereocenters. The normalized spacial score (nSPS) is 25.2. The molecule has 0 aromatic heterocycles. The molecule has 2 aliphatic rings. The van der Waals surface area contributed by atoms with E-state index < -0.39 is 29.7 Å².